The number of aromatic nitrogens is 4. The van der Waals surface area contributed by atoms with Crippen LogP contribution in [0.2, 0.25) is 5.02 Å². The quantitative estimate of drug-likeness (QED) is 0.551. The molecule has 0 unspecified atom stereocenters. The van der Waals surface area contributed by atoms with Crippen molar-refractivity contribution in [2.45, 2.75) is 45.8 Å². The summed E-state index contributed by atoms with van der Waals surface area (Å²) in [7, 11) is 0. The lowest BCUT2D eigenvalue weighted by atomic mass is 10.1. The number of morpholine rings is 1. The second kappa shape index (κ2) is 8.38. The van der Waals surface area contributed by atoms with Gasteiger partial charge in [-0.2, -0.15) is 5.10 Å². The molecule has 2 aromatic heterocycles. The molecular formula is C22H23ClF2N6O. The van der Waals surface area contributed by atoms with E-state index in [-0.39, 0.29) is 24.3 Å². The zero-order chi connectivity index (χ0) is 22.4. The van der Waals surface area contributed by atoms with E-state index in [1.165, 1.54) is 18.5 Å². The van der Waals surface area contributed by atoms with Crippen LogP contribution in [0.3, 0.4) is 0 Å². The molecule has 0 aliphatic carbocycles. The van der Waals surface area contributed by atoms with Gasteiger partial charge in [-0.05, 0) is 31.5 Å². The van der Waals surface area contributed by atoms with E-state index < -0.39 is 16.7 Å². The van der Waals surface area contributed by atoms with Crippen LogP contribution >= 0.6 is 11.6 Å². The highest BCUT2D eigenvalue weighted by Crippen LogP contribution is 2.35. The zero-order valence-electron chi connectivity index (χ0n) is 17.8. The Bertz CT molecular complexity index is 1150. The van der Waals surface area contributed by atoms with Gasteiger partial charge in [0.05, 0.1) is 17.8 Å². The van der Waals surface area contributed by atoms with Gasteiger partial charge in [0.2, 0.25) is 0 Å². The first kappa shape index (κ1) is 21.2. The average molecular weight is 461 g/mol. The van der Waals surface area contributed by atoms with E-state index in [1.807, 2.05) is 11.1 Å². The lowest BCUT2D eigenvalue weighted by Crippen LogP contribution is -2.44. The third-order valence-corrected chi connectivity index (χ3v) is 6.11. The third-order valence-electron chi connectivity index (χ3n) is 5.76. The Labute approximate surface area is 189 Å². The van der Waals surface area contributed by atoms with E-state index in [9.17, 15) is 8.78 Å². The SMILES string of the molecule is C[C@@H]1CN(Cc2cnc3c(c2)-c2ncnn2CN3Cc2ccc(F)c(Cl)c2F)C[C@H](C)O1. The smallest absolute Gasteiger partial charge is 0.163 e. The lowest BCUT2D eigenvalue weighted by Gasteiger charge is -2.35. The molecule has 168 valence electrons. The molecule has 0 N–H and O–H groups in total. The Morgan fingerprint density at radius 2 is 1.91 bits per heavy atom. The number of nitrogens with zero attached hydrogens (tertiary/aromatic N) is 6. The molecule has 4 heterocycles. The topological polar surface area (TPSA) is 59.3 Å². The molecule has 32 heavy (non-hydrogen) atoms. The van der Waals surface area contributed by atoms with Crippen LogP contribution in [0.15, 0.2) is 30.7 Å². The summed E-state index contributed by atoms with van der Waals surface area (Å²) in [5.41, 5.74) is 2.17. The second-order valence-corrected chi connectivity index (χ2v) is 8.80. The van der Waals surface area contributed by atoms with Gasteiger partial charge in [-0.25, -0.2) is 23.4 Å². The standard InChI is InChI=1S/C22H23ClF2N6O/c1-13-7-29(8-14(2)32-13)9-15-5-17-21(26-6-15)30(12-31-22(17)27-11-28-31)10-16-3-4-18(24)19(23)20(16)25/h3-6,11,13-14H,7-10,12H2,1-2H3/t13-,14+. The molecule has 2 aliphatic rings. The molecule has 7 nitrogen and oxygen atoms in total. The number of anilines is 1. The lowest BCUT2D eigenvalue weighted by molar-refractivity contribution is -0.0705. The molecule has 0 amide bonds. The van der Waals surface area contributed by atoms with E-state index in [1.54, 1.807) is 4.68 Å². The van der Waals surface area contributed by atoms with E-state index in [0.717, 1.165) is 30.8 Å². The van der Waals surface area contributed by atoms with Crippen molar-refractivity contribution in [2.75, 3.05) is 18.0 Å². The van der Waals surface area contributed by atoms with Gasteiger partial charge < -0.3 is 9.64 Å². The summed E-state index contributed by atoms with van der Waals surface area (Å²) in [5, 5.41) is 3.79. The van der Waals surface area contributed by atoms with Crippen molar-refractivity contribution in [3.8, 4) is 11.4 Å². The molecule has 0 bridgehead atoms. The maximum atomic E-state index is 14.5. The van der Waals surface area contributed by atoms with Crippen molar-refractivity contribution < 1.29 is 13.5 Å². The van der Waals surface area contributed by atoms with Crippen molar-refractivity contribution in [1.82, 2.24) is 24.6 Å². The predicted octanol–water partition coefficient (Wildman–Crippen LogP) is 3.86. The monoisotopic (exact) mass is 460 g/mol. The summed E-state index contributed by atoms with van der Waals surface area (Å²) in [6.07, 6.45) is 3.70. The van der Waals surface area contributed by atoms with Crippen molar-refractivity contribution >= 4 is 17.4 Å². The van der Waals surface area contributed by atoms with Crippen LogP contribution in [0.4, 0.5) is 14.6 Å². The Morgan fingerprint density at radius 3 is 2.69 bits per heavy atom. The van der Waals surface area contributed by atoms with Gasteiger partial charge in [-0.15, -0.1) is 0 Å². The first-order valence-corrected chi connectivity index (χ1v) is 10.9. The fraction of sp³-hybridized carbons (Fsp3) is 0.409. The third kappa shape index (κ3) is 3.96. The Hall–Kier alpha value is -2.62. The highest BCUT2D eigenvalue weighted by Gasteiger charge is 2.28. The number of rotatable bonds is 4. The average Bonchev–Trinajstić information content (AvgIpc) is 3.22. The molecule has 0 radical (unpaired) electrons. The Kier molecular flexibility index (Phi) is 5.56. The van der Waals surface area contributed by atoms with Crippen LogP contribution in [-0.2, 0) is 24.5 Å². The van der Waals surface area contributed by atoms with Gasteiger partial charge in [-0.3, -0.25) is 4.90 Å². The molecule has 0 spiro atoms. The number of pyridine rings is 1. The molecule has 3 aromatic rings. The van der Waals surface area contributed by atoms with Crippen LogP contribution in [-0.4, -0.2) is 49.9 Å². The molecule has 2 aliphatic heterocycles. The minimum absolute atomic E-state index is 0.170. The van der Waals surface area contributed by atoms with E-state index >= 15 is 0 Å². The van der Waals surface area contributed by atoms with Crippen molar-refractivity contribution in [2.24, 2.45) is 0 Å². The summed E-state index contributed by atoms with van der Waals surface area (Å²) < 4.78 is 35.7. The van der Waals surface area contributed by atoms with E-state index in [0.29, 0.717) is 18.3 Å². The van der Waals surface area contributed by atoms with Crippen LogP contribution in [0.1, 0.15) is 25.0 Å². The Balaban J connectivity index is 1.45. The number of fused-ring (bicyclic) bond motifs is 3. The summed E-state index contributed by atoms with van der Waals surface area (Å²) in [4.78, 5) is 13.3. The number of halogens is 3. The normalized spacial score (nSPS) is 20.8. The molecule has 0 saturated carbocycles. The summed E-state index contributed by atoms with van der Waals surface area (Å²) in [6, 6.07) is 4.64. The van der Waals surface area contributed by atoms with Crippen molar-refractivity contribution in [3.05, 3.63) is 58.5 Å². The van der Waals surface area contributed by atoms with Gasteiger partial charge in [0.25, 0.3) is 0 Å². The molecule has 10 heteroatoms. The molecule has 5 rings (SSSR count). The summed E-state index contributed by atoms with van der Waals surface area (Å²) in [6.45, 7) is 7.13. The molecule has 1 aromatic carbocycles. The predicted molar refractivity (Wildman–Crippen MR) is 116 cm³/mol. The van der Waals surface area contributed by atoms with Crippen molar-refractivity contribution in [3.63, 3.8) is 0 Å². The molecule has 2 atom stereocenters. The minimum atomic E-state index is -0.778. The highest BCUT2D eigenvalue weighted by molar-refractivity contribution is 6.30. The second-order valence-electron chi connectivity index (χ2n) is 8.42. The van der Waals surface area contributed by atoms with Crippen molar-refractivity contribution in [1.29, 1.82) is 0 Å². The van der Waals surface area contributed by atoms with Gasteiger partial charge in [0, 0.05) is 37.9 Å². The summed E-state index contributed by atoms with van der Waals surface area (Å²) in [5.74, 6) is -0.144. The molecule has 1 fully saturated rings. The Morgan fingerprint density at radius 1 is 1.12 bits per heavy atom. The van der Waals surface area contributed by atoms with Crippen LogP contribution in [0, 0.1) is 11.6 Å². The van der Waals surface area contributed by atoms with Gasteiger partial charge in [0.1, 0.15) is 35.5 Å². The molecular weight excluding hydrogens is 438 g/mol. The fourth-order valence-electron chi connectivity index (χ4n) is 4.50. The largest absolute Gasteiger partial charge is 0.373 e. The number of ether oxygens (including phenoxy) is 1. The van der Waals surface area contributed by atoms with Crippen LogP contribution in [0.5, 0.6) is 0 Å². The minimum Gasteiger partial charge on any atom is -0.373 e. The molecule has 1 saturated heterocycles. The highest BCUT2D eigenvalue weighted by atomic mass is 35.5. The summed E-state index contributed by atoms with van der Waals surface area (Å²) >= 11 is 5.77. The zero-order valence-corrected chi connectivity index (χ0v) is 18.6. The van der Waals surface area contributed by atoms with Gasteiger partial charge in [0.15, 0.2) is 5.82 Å². The first-order chi connectivity index (χ1) is 15.4. The van der Waals surface area contributed by atoms with E-state index in [4.69, 9.17) is 21.3 Å². The van der Waals surface area contributed by atoms with Gasteiger partial charge >= 0.3 is 0 Å². The number of hydrogen-bond donors (Lipinski definition) is 0. The number of hydrogen-bond acceptors (Lipinski definition) is 6. The number of benzene rings is 1. The first-order valence-electron chi connectivity index (χ1n) is 10.5. The fourth-order valence-corrected chi connectivity index (χ4v) is 4.68. The van der Waals surface area contributed by atoms with Crippen LogP contribution in [0.25, 0.3) is 11.4 Å². The van der Waals surface area contributed by atoms with Gasteiger partial charge in [-0.1, -0.05) is 17.7 Å². The van der Waals surface area contributed by atoms with E-state index in [2.05, 4.69) is 34.9 Å². The maximum absolute atomic E-state index is 14.5. The van der Waals surface area contributed by atoms with Crippen LogP contribution < -0.4 is 4.90 Å². The maximum Gasteiger partial charge on any atom is 0.163 e.